The van der Waals surface area contributed by atoms with Gasteiger partial charge < -0.3 is 4.74 Å². The van der Waals surface area contributed by atoms with Gasteiger partial charge in [-0.25, -0.2) is 5.06 Å². The zero-order chi connectivity index (χ0) is 15.2. The average Bonchev–Trinajstić information content (AvgIpc) is 2.50. The Morgan fingerprint density at radius 2 is 1.62 bits per heavy atom. The number of aryl methyl sites for hydroxylation is 1. The molecule has 0 radical (unpaired) electrons. The number of carbonyl (C=O) groups is 1. The van der Waals surface area contributed by atoms with Crippen LogP contribution in [0.2, 0.25) is 0 Å². The maximum atomic E-state index is 12.0. The highest BCUT2D eigenvalue weighted by Gasteiger charge is 2.12. The van der Waals surface area contributed by atoms with E-state index in [9.17, 15) is 10.0 Å². The zero-order valence-electron chi connectivity index (χ0n) is 12.2. The van der Waals surface area contributed by atoms with Gasteiger partial charge in [0.1, 0.15) is 5.75 Å². The number of benzene rings is 2. The molecule has 0 aliphatic carbocycles. The summed E-state index contributed by atoms with van der Waals surface area (Å²) in [6.07, 6.45) is 0.159. The van der Waals surface area contributed by atoms with Gasteiger partial charge in [-0.2, -0.15) is 0 Å². The van der Waals surface area contributed by atoms with Crippen LogP contribution in [0.3, 0.4) is 0 Å². The Labute approximate surface area is 124 Å². The molecular formula is C17H19NO3. The van der Waals surface area contributed by atoms with E-state index in [1.165, 1.54) is 0 Å². The second-order valence-corrected chi connectivity index (χ2v) is 4.96. The minimum absolute atomic E-state index is 0.159. The molecular weight excluding hydrogens is 266 g/mol. The third-order valence-corrected chi connectivity index (χ3v) is 3.26. The molecule has 110 valence electrons. The summed E-state index contributed by atoms with van der Waals surface area (Å²) in [6, 6.07) is 14.9. The van der Waals surface area contributed by atoms with Gasteiger partial charge >= 0.3 is 0 Å². The molecule has 0 bridgehead atoms. The molecule has 0 saturated heterocycles. The van der Waals surface area contributed by atoms with Crippen molar-refractivity contribution in [1.82, 2.24) is 5.06 Å². The zero-order valence-corrected chi connectivity index (χ0v) is 12.2. The third-order valence-electron chi connectivity index (χ3n) is 3.26. The summed E-state index contributed by atoms with van der Waals surface area (Å²) in [4.78, 5) is 12.0. The predicted octanol–water partition coefficient (Wildman–Crippen LogP) is 2.96. The SMILES string of the molecule is COc1ccc(CC(=O)N(O)Cc2ccc(C)cc2)cc1. The smallest absolute Gasteiger partial charge is 0.250 e. The molecule has 2 aromatic carbocycles. The van der Waals surface area contributed by atoms with E-state index in [0.717, 1.165) is 27.5 Å². The molecule has 0 saturated carbocycles. The van der Waals surface area contributed by atoms with E-state index < -0.39 is 0 Å². The first-order valence-electron chi connectivity index (χ1n) is 6.76. The van der Waals surface area contributed by atoms with Gasteiger partial charge in [0.2, 0.25) is 0 Å². The molecule has 0 aliphatic heterocycles. The molecule has 1 amide bonds. The van der Waals surface area contributed by atoms with Gasteiger partial charge in [-0.15, -0.1) is 0 Å². The van der Waals surface area contributed by atoms with Crippen molar-refractivity contribution in [2.24, 2.45) is 0 Å². The summed E-state index contributed by atoms with van der Waals surface area (Å²) >= 11 is 0. The Bertz CT molecular complexity index is 590. The minimum Gasteiger partial charge on any atom is -0.497 e. The van der Waals surface area contributed by atoms with E-state index in [1.807, 2.05) is 43.3 Å². The molecule has 0 fully saturated rings. The molecule has 0 aliphatic rings. The second-order valence-electron chi connectivity index (χ2n) is 4.96. The summed E-state index contributed by atoms with van der Waals surface area (Å²) in [5, 5.41) is 10.6. The highest BCUT2D eigenvalue weighted by Crippen LogP contribution is 2.13. The molecule has 4 heteroatoms. The van der Waals surface area contributed by atoms with Gasteiger partial charge in [0.15, 0.2) is 0 Å². The third kappa shape index (κ3) is 4.33. The maximum Gasteiger partial charge on any atom is 0.250 e. The molecule has 21 heavy (non-hydrogen) atoms. The van der Waals surface area contributed by atoms with Crippen molar-refractivity contribution in [2.75, 3.05) is 7.11 Å². The molecule has 0 aromatic heterocycles. The van der Waals surface area contributed by atoms with Crippen molar-refractivity contribution < 1.29 is 14.7 Å². The van der Waals surface area contributed by atoms with Crippen molar-refractivity contribution in [2.45, 2.75) is 19.9 Å². The van der Waals surface area contributed by atoms with Crippen LogP contribution in [0.25, 0.3) is 0 Å². The Hall–Kier alpha value is -2.33. The number of carbonyl (C=O) groups excluding carboxylic acids is 1. The topological polar surface area (TPSA) is 49.8 Å². The molecule has 0 heterocycles. The first-order valence-corrected chi connectivity index (χ1v) is 6.76. The van der Waals surface area contributed by atoms with E-state index in [2.05, 4.69) is 0 Å². The number of methoxy groups -OCH3 is 1. The van der Waals surface area contributed by atoms with E-state index in [1.54, 1.807) is 19.2 Å². The predicted molar refractivity (Wildman–Crippen MR) is 80.2 cm³/mol. The van der Waals surface area contributed by atoms with Crippen LogP contribution in [0, 0.1) is 6.92 Å². The van der Waals surface area contributed by atoms with Crippen molar-refractivity contribution >= 4 is 5.91 Å². The summed E-state index contributed by atoms with van der Waals surface area (Å²) in [5.74, 6) is 0.410. The Morgan fingerprint density at radius 3 is 2.19 bits per heavy atom. The highest BCUT2D eigenvalue weighted by molar-refractivity contribution is 5.77. The first kappa shape index (κ1) is 15.1. The lowest BCUT2D eigenvalue weighted by Gasteiger charge is -2.15. The number of rotatable bonds is 5. The van der Waals surface area contributed by atoms with Crippen LogP contribution in [-0.4, -0.2) is 23.3 Å². The summed E-state index contributed by atoms with van der Waals surface area (Å²) in [6.45, 7) is 2.19. The normalized spacial score (nSPS) is 10.2. The van der Waals surface area contributed by atoms with Crippen LogP contribution in [0.15, 0.2) is 48.5 Å². The van der Waals surface area contributed by atoms with Crippen LogP contribution < -0.4 is 4.74 Å². The molecule has 0 spiro atoms. The van der Waals surface area contributed by atoms with Crippen LogP contribution in [-0.2, 0) is 17.8 Å². The van der Waals surface area contributed by atoms with Crippen molar-refractivity contribution in [3.8, 4) is 5.75 Å². The van der Waals surface area contributed by atoms with Gasteiger partial charge in [-0.05, 0) is 30.2 Å². The van der Waals surface area contributed by atoms with Crippen molar-refractivity contribution in [3.63, 3.8) is 0 Å². The number of hydrogen-bond acceptors (Lipinski definition) is 3. The largest absolute Gasteiger partial charge is 0.497 e. The summed E-state index contributed by atoms with van der Waals surface area (Å²) in [7, 11) is 1.59. The van der Waals surface area contributed by atoms with E-state index in [-0.39, 0.29) is 18.9 Å². The number of amides is 1. The van der Waals surface area contributed by atoms with Crippen LogP contribution >= 0.6 is 0 Å². The van der Waals surface area contributed by atoms with E-state index >= 15 is 0 Å². The Balaban J connectivity index is 1.93. The molecule has 2 aromatic rings. The molecule has 1 N–H and O–H groups in total. The molecule has 0 atom stereocenters. The first-order chi connectivity index (χ1) is 10.1. The van der Waals surface area contributed by atoms with Gasteiger partial charge in [-0.3, -0.25) is 10.0 Å². The van der Waals surface area contributed by atoms with Crippen LogP contribution in [0.4, 0.5) is 0 Å². The van der Waals surface area contributed by atoms with Gasteiger partial charge in [-0.1, -0.05) is 42.0 Å². The highest BCUT2D eigenvalue weighted by atomic mass is 16.5. The van der Waals surface area contributed by atoms with Gasteiger partial charge in [0, 0.05) is 0 Å². The number of nitrogens with zero attached hydrogens (tertiary/aromatic N) is 1. The number of hydrogen-bond donors (Lipinski definition) is 1. The lowest BCUT2D eigenvalue weighted by molar-refractivity contribution is -0.167. The maximum absolute atomic E-state index is 12.0. The Kier molecular flexibility index (Phi) is 4.95. The lowest BCUT2D eigenvalue weighted by atomic mass is 10.1. The molecule has 4 nitrogen and oxygen atoms in total. The standard InChI is InChI=1S/C17H19NO3/c1-13-3-5-15(6-4-13)12-18(20)17(19)11-14-7-9-16(21-2)10-8-14/h3-10,20H,11-12H2,1-2H3. The van der Waals surface area contributed by atoms with Crippen molar-refractivity contribution in [3.05, 3.63) is 65.2 Å². The number of ether oxygens (including phenoxy) is 1. The van der Waals surface area contributed by atoms with Crippen LogP contribution in [0.5, 0.6) is 5.75 Å². The summed E-state index contributed by atoms with van der Waals surface area (Å²) in [5.41, 5.74) is 2.88. The fourth-order valence-corrected chi connectivity index (χ4v) is 1.96. The second kappa shape index (κ2) is 6.90. The van der Waals surface area contributed by atoms with Gasteiger partial charge in [0.05, 0.1) is 20.1 Å². The van der Waals surface area contributed by atoms with Crippen LogP contribution in [0.1, 0.15) is 16.7 Å². The fourth-order valence-electron chi connectivity index (χ4n) is 1.96. The number of hydroxylamine groups is 2. The molecule has 0 unspecified atom stereocenters. The fraction of sp³-hybridized carbons (Fsp3) is 0.235. The minimum atomic E-state index is -0.333. The lowest BCUT2D eigenvalue weighted by Crippen LogP contribution is -2.28. The van der Waals surface area contributed by atoms with Crippen molar-refractivity contribution in [1.29, 1.82) is 0 Å². The average molecular weight is 285 g/mol. The monoisotopic (exact) mass is 285 g/mol. The quantitative estimate of drug-likeness (QED) is 0.678. The van der Waals surface area contributed by atoms with Gasteiger partial charge in [0.25, 0.3) is 5.91 Å². The molecule has 2 rings (SSSR count). The van der Waals surface area contributed by atoms with E-state index in [4.69, 9.17) is 4.74 Å². The van der Waals surface area contributed by atoms with E-state index in [0.29, 0.717) is 0 Å². The Morgan fingerprint density at radius 1 is 1.05 bits per heavy atom. The summed E-state index contributed by atoms with van der Waals surface area (Å²) < 4.78 is 5.07.